The molecule has 4 heteroatoms. The van der Waals surface area contributed by atoms with Crippen molar-refractivity contribution in [2.75, 3.05) is 23.0 Å². The highest BCUT2D eigenvalue weighted by Gasteiger charge is 2.23. The zero-order valence-corrected chi connectivity index (χ0v) is 9.59. The van der Waals surface area contributed by atoms with Crippen LogP contribution in [0.15, 0.2) is 0 Å². The van der Waals surface area contributed by atoms with Crippen molar-refractivity contribution in [1.82, 2.24) is 0 Å². The minimum absolute atomic E-state index is 0.999. The van der Waals surface area contributed by atoms with E-state index in [0.29, 0.717) is 0 Å². The van der Waals surface area contributed by atoms with E-state index in [0.717, 1.165) is 10.5 Å². The first-order chi connectivity index (χ1) is 5.45. The highest BCUT2D eigenvalue weighted by atomic mass is 33.1. The van der Waals surface area contributed by atoms with Crippen LogP contribution >= 0.6 is 45.1 Å². The quantitative estimate of drug-likeness (QED) is 0.400. The average molecular weight is 224 g/mol. The van der Waals surface area contributed by atoms with Crippen molar-refractivity contribution in [2.45, 2.75) is 16.9 Å². The average Bonchev–Trinajstić information content (AvgIpc) is 2.66. The molecule has 0 aromatic rings. The number of hydrogen-bond acceptors (Lipinski definition) is 4. The first-order valence-corrected chi connectivity index (χ1v) is 8.51. The van der Waals surface area contributed by atoms with Gasteiger partial charge in [0.2, 0.25) is 0 Å². The Labute approximate surface area is 84.8 Å². The molecule has 0 aromatic carbocycles. The fourth-order valence-electron chi connectivity index (χ4n) is 0.828. The van der Waals surface area contributed by atoms with Gasteiger partial charge in [-0.05, 0) is 12.2 Å². The van der Waals surface area contributed by atoms with Crippen LogP contribution in [-0.4, -0.2) is 33.5 Å². The largest absolute Gasteiger partial charge is 0.158 e. The van der Waals surface area contributed by atoms with Crippen LogP contribution in [0.3, 0.4) is 0 Å². The van der Waals surface area contributed by atoms with Crippen LogP contribution in [0, 0.1) is 0 Å². The zero-order chi connectivity index (χ0) is 7.52. The van der Waals surface area contributed by atoms with Gasteiger partial charge in [-0.1, -0.05) is 21.6 Å². The van der Waals surface area contributed by atoms with Crippen molar-refractivity contribution in [3.8, 4) is 0 Å². The summed E-state index contributed by atoms with van der Waals surface area (Å²) in [5.41, 5.74) is 0. The molecule has 64 valence electrons. The van der Waals surface area contributed by atoms with E-state index >= 15 is 0 Å². The molecular formula is C7H12S4. The van der Waals surface area contributed by atoms with E-state index in [1.54, 1.807) is 0 Å². The summed E-state index contributed by atoms with van der Waals surface area (Å²) in [7, 11) is 4.17. The molecule has 0 amide bonds. The van der Waals surface area contributed by atoms with Crippen LogP contribution < -0.4 is 0 Å². The van der Waals surface area contributed by atoms with Crippen LogP contribution in [0.25, 0.3) is 0 Å². The summed E-state index contributed by atoms with van der Waals surface area (Å²) in [5.74, 6) is 5.60. The molecule has 0 aromatic heterocycles. The normalized spacial score (nSPS) is 34.9. The zero-order valence-electron chi connectivity index (χ0n) is 6.32. The topological polar surface area (TPSA) is 0 Å². The lowest BCUT2D eigenvalue weighted by Crippen LogP contribution is -2.17. The van der Waals surface area contributed by atoms with Crippen molar-refractivity contribution < 1.29 is 0 Å². The second kappa shape index (κ2) is 4.58. The van der Waals surface area contributed by atoms with E-state index in [4.69, 9.17) is 0 Å². The third-order valence-electron chi connectivity index (χ3n) is 1.79. The molecule has 2 atom stereocenters. The number of rotatable bonds is 5. The number of hydrogen-bond donors (Lipinski definition) is 0. The second-order valence-electron chi connectivity index (χ2n) is 2.81. The Balaban J connectivity index is 1.40. The van der Waals surface area contributed by atoms with Gasteiger partial charge in [0.05, 0.1) is 0 Å². The van der Waals surface area contributed by atoms with Gasteiger partial charge in [-0.25, -0.2) is 0 Å². The molecule has 2 fully saturated rings. The Kier molecular flexibility index (Phi) is 3.74. The van der Waals surface area contributed by atoms with Crippen LogP contribution in [-0.2, 0) is 0 Å². The van der Waals surface area contributed by atoms with Crippen LogP contribution in [0.1, 0.15) is 6.42 Å². The lowest BCUT2D eigenvalue weighted by atomic mass is 10.3. The fourth-order valence-corrected chi connectivity index (χ4v) is 5.84. The molecule has 2 aliphatic rings. The molecular weight excluding hydrogens is 212 g/mol. The van der Waals surface area contributed by atoms with Gasteiger partial charge in [-0.3, -0.25) is 0 Å². The summed E-state index contributed by atoms with van der Waals surface area (Å²) in [6, 6.07) is 0. The molecule has 0 saturated carbocycles. The van der Waals surface area contributed by atoms with Gasteiger partial charge in [0.1, 0.15) is 0 Å². The van der Waals surface area contributed by atoms with Crippen LogP contribution in [0.5, 0.6) is 0 Å². The molecule has 11 heavy (non-hydrogen) atoms. The Morgan fingerprint density at radius 1 is 1.09 bits per heavy atom. The first-order valence-electron chi connectivity index (χ1n) is 3.93. The molecule has 0 N–H and O–H groups in total. The predicted octanol–water partition coefficient (Wildman–Crippen LogP) is 2.99. The first kappa shape index (κ1) is 8.97. The van der Waals surface area contributed by atoms with E-state index in [2.05, 4.69) is 45.1 Å². The van der Waals surface area contributed by atoms with E-state index in [1.807, 2.05) is 0 Å². The third kappa shape index (κ3) is 3.33. The Morgan fingerprint density at radius 3 is 2.18 bits per heavy atom. The summed E-state index contributed by atoms with van der Waals surface area (Å²) in [5, 5.41) is 2.01. The van der Waals surface area contributed by atoms with Crippen molar-refractivity contribution in [1.29, 1.82) is 0 Å². The van der Waals surface area contributed by atoms with Gasteiger partial charge >= 0.3 is 0 Å². The highest BCUT2D eigenvalue weighted by molar-refractivity contribution is 8.76. The van der Waals surface area contributed by atoms with Gasteiger partial charge in [-0.2, -0.15) is 23.5 Å². The number of thioether (sulfide) groups is 2. The third-order valence-corrected chi connectivity index (χ3v) is 7.09. The van der Waals surface area contributed by atoms with Crippen molar-refractivity contribution in [2.24, 2.45) is 0 Å². The minimum atomic E-state index is 0.999. The van der Waals surface area contributed by atoms with Crippen LogP contribution in [0.4, 0.5) is 0 Å². The summed E-state index contributed by atoms with van der Waals surface area (Å²) in [6.07, 6.45) is 1.47. The summed E-state index contributed by atoms with van der Waals surface area (Å²) in [4.78, 5) is 0. The minimum Gasteiger partial charge on any atom is -0.158 e. The molecule has 2 saturated heterocycles. The fraction of sp³-hybridized carbons (Fsp3) is 1.00. The summed E-state index contributed by atoms with van der Waals surface area (Å²) < 4.78 is 0. The molecule has 0 radical (unpaired) electrons. The molecule has 0 aliphatic carbocycles. The summed E-state index contributed by atoms with van der Waals surface area (Å²) >= 11 is 4.25. The molecule has 2 heterocycles. The van der Waals surface area contributed by atoms with E-state index in [1.165, 1.54) is 29.4 Å². The molecule has 0 spiro atoms. The highest BCUT2D eigenvalue weighted by Crippen LogP contribution is 2.39. The monoisotopic (exact) mass is 224 g/mol. The van der Waals surface area contributed by atoms with Gasteiger partial charge in [0.15, 0.2) is 0 Å². The van der Waals surface area contributed by atoms with Gasteiger partial charge in [0, 0.05) is 27.8 Å². The smallest absolute Gasteiger partial charge is 0.0237 e. The molecule has 0 nitrogen and oxygen atoms in total. The molecule has 2 aliphatic heterocycles. The molecule has 2 rings (SSSR count). The maximum atomic E-state index is 2.14. The Hall–Kier alpha value is 1.40. The van der Waals surface area contributed by atoms with E-state index < -0.39 is 0 Å². The van der Waals surface area contributed by atoms with Gasteiger partial charge < -0.3 is 0 Å². The van der Waals surface area contributed by atoms with Gasteiger partial charge in [-0.15, -0.1) is 0 Å². The molecule has 0 unspecified atom stereocenters. The van der Waals surface area contributed by atoms with Gasteiger partial charge in [0.25, 0.3) is 0 Å². The second-order valence-corrected chi connectivity index (χ2v) is 8.10. The van der Waals surface area contributed by atoms with Crippen molar-refractivity contribution in [3.05, 3.63) is 0 Å². The summed E-state index contributed by atoms with van der Waals surface area (Å²) in [6.45, 7) is 0. The SMILES string of the molecule is C1C[C@H](CSSC[C@@H]2CS2)S1. The van der Waals surface area contributed by atoms with E-state index in [9.17, 15) is 0 Å². The maximum Gasteiger partial charge on any atom is 0.0237 e. The van der Waals surface area contributed by atoms with Crippen molar-refractivity contribution >= 4 is 45.1 Å². The lowest BCUT2D eigenvalue weighted by Gasteiger charge is -2.23. The van der Waals surface area contributed by atoms with E-state index in [-0.39, 0.29) is 0 Å². The maximum absolute atomic E-state index is 2.14. The predicted molar refractivity (Wildman–Crippen MR) is 62.0 cm³/mol. The Bertz CT molecular complexity index is 120. The molecule has 0 bridgehead atoms. The standard InChI is InChI=1S/C7H12S4/c1-2-8-6(1)4-10-11-5-7-3-9-7/h6-7H,1-5H2/t6-,7+/m1/s1. The Morgan fingerprint density at radius 2 is 1.73 bits per heavy atom. The lowest BCUT2D eigenvalue weighted by molar-refractivity contribution is 0.873. The van der Waals surface area contributed by atoms with Crippen LogP contribution in [0.2, 0.25) is 0 Å². The van der Waals surface area contributed by atoms with Crippen molar-refractivity contribution in [3.63, 3.8) is 0 Å².